The summed E-state index contributed by atoms with van der Waals surface area (Å²) in [7, 11) is -2.25. The van der Waals surface area contributed by atoms with E-state index >= 15 is 0 Å². The zero-order valence-corrected chi connectivity index (χ0v) is 12.7. The van der Waals surface area contributed by atoms with Crippen molar-refractivity contribution >= 4 is 15.9 Å². The van der Waals surface area contributed by atoms with Gasteiger partial charge in [0.1, 0.15) is 5.76 Å². The summed E-state index contributed by atoms with van der Waals surface area (Å²) in [4.78, 5) is 11.4. The van der Waals surface area contributed by atoms with Crippen LogP contribution in [-0.2, 0) is 21.4 Å². The van der Waals surface area contributed by atoms with Gasteiger partial charge in [0, 0.05) is 6.54 Å². The van der Waals surface area contributed by atoms with Gasteiger partial charge in [-0.3, -0.25) is 4.79 Å². The second kappa shape index (κ2) is 7.41. The Balaban J connectivity index is 2.38. The minimum atomic E-state index is -3.56. The lowest BCUT2D eigenvalue weighted by atomic mass is 10.2. The molecule has 3 N–H and O–H groups in total. The summed E-state index contributed by atoms with van der Waals surface area (Å²) in [6.07, 6.45) is 0. The lowest BCUT2D eigenvalue weighted by molar-refractivity contribution is -0.120. The molecule has 1 heterocycles. The highest BCUT2D eigenvalue weighted by molar-refractivity contribution is 7.89. The molecule has 0 atom stereocenters. The van der Waals surface area contributed by atoms with Crippen molar-refractivity contribution < 1.29 is 17.6 Å². The summed E-state index contributed by atoms with van der Waals surface area (Å²) in [6.45, 7) is 5.10. The lowest BCUT2D eigenvalue weighted by Crippen LogP contribution is -2.35. The molecule has 1 amide bonds. The molecular formula is C12H21N3O4S. The van der Waals surface area contributed by atoms with E-state index in [0.717, 1.165) is 0 Å². The molecule has 0 saturated carbocycles. The van der Waals surface area contributed by atoms with Gasteiger partial charge in [-0.05, 0) is 25.1 Å². The van der Waals surface area contributed by atoms with Gasteiger partial charge in [-0.1, -0.05) is 13.8 Å². The van der Waals surface area contributed by atoms with Crippen LogP contribution in [0.25, 0.3) is 0 Å². The molecule has 20 heavy (non-hydrogen) atoms. The van der Waals surface area contributed by atoms with E-state index in [2.05, 4.69) is 15.4 Å². The van der Waals surface area contributed by atoms with E-state index in [1.54, 1.807) is 6.07 Å². The number of sulfonamides is 1. The van der Waals surface area contributed by atoms with Crippen LogP contribution in [0, 0.1) is 5.92 Å². The van der Waals surface area contributed by atoms with Crippen molar-refractivity contribution in [3.63, 3.8) is 0 Å². The second-order valence-corrected chi connectivity index (χ2v) is 6.55. The van der Waals surface area contributed by atoms with Gasteiger partial charge in [0.15, 0.2) is 0 Å². The highest BCUT2D eigenvalue weighted by Gasteiger charge is 2.16. The number of carbonyl (C=O) groups excluding carboxylic acids is 1. The second-order valence-electron chi connectivity index (χ2n) is 4.73. The Hall–Kier alpha value is -1.38. The van der Waals surface area contributed by atoms with E-state index in [-0.39, 0.29) is 24.1 Å². The number of rotatable bonds is 8. The van der Waals surface area contributed by atoms with Crippen LogP contribution >= 0.6 is 0 Å². The average molecular weight is 303 g/mol. The van der Waals surface area contributed by atoms with Crippen molar-refractivity contribution in [3.05, 3.63) is 17.9 Å². The molecular weight excluding hydrogens is 282 g/mol. The standard InChI is InChI=1S/C12H21N3O4S/c1-9(2)6-15-11(16)8-14-7-10-4-5-12(19-10)20(17,18)13-3/h4-5,9,13-14H,6-8H2,1-3H3,(H,15,16). The molecule has 0 aliphatic heterocycles. The number of hydrogen-bond donors (Lipinski definition) is 3. The van der Waals surface area contributed by atoms with Crippen LogP contribution in [0.1, 0.15) is 19.6 Å². The van der Waals surface area contributed by atoms with Gasteiger partial charge in [-0.25, -0.2) is 13.1 Å². The Kier molecular flexibility index (Phi) is 6.18. The molecule has 0 aliphatic carbocycles. The topological polar surface area (TPSA) is 100 Å². The van der Waals surface area contributed by atoms with Crippen LogP contribution in [0.2, 0.25) is 0 Å². The summed E-state index contributed by atoms with van der Waals surface area (Å²) >= 11 is 0. The van der Waals surface area contributed by atoms with Crippen LogP contribution in [0.5, 0.6) is 0 Å². The first-order chi connectivity index (χ1) is 9.35. The molecule has 114 valence electrons. The van der Waals surface area contributed by atoms with Crippen LogP contribution in [0.3, 0.4) is 0 Å². The van der Waals surface area contributed by atoms with Gasteiger partial charge in [0.2, 0.25) is 11.0 Å². The van der Waals surface area contributed by atoms with Crippen molar-refractivity contribution in [1.29, 1.82) is 0 Å². The van der Waals surface area contributed by atoms with Crippen molar-refractivity contribution in [2.75, 3.05) is 20.1 Å². The Bertz CT molecular complexity index is 537. The maximum Gasteiger partial charge on any atom is 0.273 e. The molecule has 0 radical (unpaired) electrons. The van der Waals surface area contributed by atoms with Gasteiger partial charge in [0.05, 0.1) is 13.1 Å². The fourth-order valence-electron chi connectivity index (χ4n) is 1.38. The number of hydrogen-bond acceptors (Lipinski definition) is 5. The molecule has 1 rings (SSSR count). The van der Waals surface area contributed by atoms with Crippen LogP contribution < -0.4 is 15.4 Å². The highest BCUT2D eigenvalue weighted by Crippen LogP contribution is 2.12. The van der Waals surface area contributed by atoms with Crippen molar-refractivity contribution in [2.45, 2.75) is 25.5 Å². The third kappa shape index (κ3) is 5.32. The van der Waals surface area contributed by atoms with E-state index < -0.39 is 10.0 Å². The van der Waals surface area contributed by atoms with Crippen LogP contribution in [0.4, 0.5) is 0 Å². The molecule has 1 aromatic heterocycles. The number of nitrogens with one attached hydrogen (secondary N) is 3. The molecule has 8 heteroatoms. The Morgan fingerprint density at radius 2 is 2.05 bits per heavy atom. The van der Waals surface area contributed by atoms with E-state index in [0.29, 0.717) is 18.2 Å². The summed E-state index contributed by atoms with van der Waals surface area (Å²) < 4.78 is 30.3. The smallest absolute Gasteiger partial charge is 0.273 e. The Labute approximate surface area is 119 Å². The maximum absolute atomic E-state index is 11.5. The number of furan rings is 1. The Morgan fingerprint density at radius 1 is 1.35 bits per heavy atom. The SMILES string of the molecule is CNS(=O)(=O)c1ccc(CNCC(=O)NCC(C)C)o1. The molecule has 0 saturated heterocycles. The zero-order valence-electron chi connectivity index (χ0n) is 11.9. The number of amides is 1. The summed E-state index contributed by atoms with van der Waals surface area (Å²) in [5.74, 6) is 0.752. The third-order valence-electron chi connectivity index (χ3n) is 2.46. The van der Waals surface area contributed by atoms with Crippen molar-refractivity contribution in [3.8, 4) is 0 Å². The van der Waals surface area contributed by atoms with Gasteiger partial charge in [0.25, 0.3) is 10.0 Å². The van der Waals surface area contributed by atoms with Gasteiger partial charge >= 0.3 is 0 Å². The fourth-order valence-corrected chi connectivity index (χ4v) is 2.04. The summed E-state index contributed by atoms with van der Waals surface area (Å²) in [5, 5.41) is 5.52. The lowest BCUT2D eigenvalue weighted by Gasteiger charge is -2.07. The van der Waals surface area contributed by atoms with E-state index in [1.807, 2.05) is 13.8 Å². The largest absolute Gasteiger partial charge is 0.447 e. The first-order valence-electron chi connectivity index (χ1n) is 6.35. The predicted octanol–water partition coefficient (Wildman–Crippen LogP) is 0.0495. The molecule has 0 bridgehead atoms. The van der Waals surface area contributed by atoms with Gasteiger partial charge in [-0.15, -0.1) is 0 Å². The Morgan fingerprint density at radius 3 is 2.65 bits per heavy atom. The maximum atomic E-state index is 11.5. The quantitative estimate of drug-likeness (QED) is 0.630. The van der Waals surface area contributed by atoms with E-state index in [1.165, 1.54) is 13.1 Å². The molecule has 0 unspecified atom stereocenters. The molecule has 0 aliphatic rings. The first-order valence-corrected chi connectivity index (χ1v) is 7.83. The van der Waals surface area contributed by atoms with Crippen molar-refractivity contribution in [2.24, 2.45) is 5.92 Å². The fraction of sp³-hybridized carbons (Fsp3) is 0.583. The monoisotopic (exact) mass is 303 g/mol. The molecule has 0 spiro atoms. The van der Waals surface area contributed by atoms with Crippen LogP contribution in [-0.4, -0.2) is 34.5 Å². The minimum Gasteiger partial charge on any atom is -0.447 e. The third-order valence-corrected chi connectivity index (χ3v) is 3.75. The molecule has 1 aromatic rings. The van der Waals surface area contributed by atoms with Gasteiger partial charge < -0.3 is 15.1 Å². The normalized spacial score (nSPS) is 11.8. The zero-order chi connectivity index (χ0) is 15.2. The van der Waals surface area contributed by atoms with E-state index in [9.17, 15) is 13.2 Å². The average Bonchev–Trinajstić information content (AvgIpc) is 2.86. The summed E-state index contributed by atoms with van der Waals surface area (Å²) in [5.41, 5.74) is 0. The molecule has 0 aromatic carbocycles. The van der Waals surface area contributed by atoms with Crippen LogP contribution in [0.15, 0.2) is 21.6 Å². The highest BCUT2D eigenvalue weighted by atomic mass is 32.2. The van der Waals surface area contributed by atoms with Crippen molar-refractivity contribution in [1.82, 2.24) is 15.4 Å². The predicted molar refractivity (Wildman–Crippen MR) is 74.5 cm³/mol. The molecule has 0 fully saturated rings. The summed E-state index contributed by atoms with van der Waals surface area (Å²) in [6, 6.07) is 2.94. The number of carbonyl (C=O) groups is 1. The first kappa shape index (κ1) is 16.7. The van der Waals surface area contributed by atoms with E-state index in [4.69, 9.17) is 4.42 Å². The van der Waals surface area contributed by atoms with Gasteiger partial charge in [-0.2, -0.15) is 0 Å². The molecule has 7 nitrogen and oxygen atoms in total. The minimum absolute atomic E-state index is 0.103.